The Morgan fingerprint density at radius 1 is 1.30 bits per heavy atom. The van der Waals surface area contributed by atoms with Crippen LogP contribution in [0.2, 0.25) is 0 Å². The van der Waals surface area contributed by atoms with E-state index in [4.69, 9.17) is 4.74 Å². The van der Waals surface area contributed by atoms with E-state index in [1.807, 2.05) is 18.2 Å². The number of aliphatic hydroxyl groups excluding tert-OH is 1. The Hall–Kier alpha value is -2.08. The average Bonchev–Trinajstić information content (AvgIpc) is 2.60. The molecule has 1 fully saturated rings. The summed E-state index contributed by atoms with van der Waals surface area (Å²) in [5.41, 5.74) is -0.920. The average molecular weight is 278 g/mol. The predicted molar refractivity (Wildman–Crippen MR) is 72.3 cm³/mol. The number of ether oxygens (including phenoxy) is 1. The molecule has 0 spiro atoms. The van der Waals surface area contributed by atoms with Gasteiger partial charge in [0.25, 0.3) is 5.91 Å². The zero-order valence-corrected chi connectivity index (χ0v) is 11.5. The van der Waals surface area contributed by atoms with E-state index in [1.165, 1.54) is 0 Å². The first-order valence-corrected chi connectivity index (χ1v) is 6.40. The van der Waals surface area contributed by atoms with Crippen LogP contribution < -0.4 is 10.1 Å². The third-order valence-electron chi connectivity index (χ3n) is 3.02. The van der Waals surface area contributed by atoms with Crippen molar-refractivity contribution in [3.8, 4) is 5.75 Å². The highest BCUT2D eigenvalue weighted by Gasteiger charge is 2.44. The zero-order chi connectivity index (χ0) is 14.8. The Labute approximate surface area is 117 Å². The summed E-state index contributed by atoms with van der Waals surface area (Å²) in [5, 5.41) is 12.4. The quantitative estimate of drug-likeness (QED) is 0.779. The fourth-order valence-electron chi connectivity index (χ4n) is 1.96. The third-order valence-corrected chi connectivity index (χ3v) is 3.02. The lowest BCUT2D eigenvalue weighted by Gasteiger charge is -2.19. The molecule has 1 atom stereocenters. The standard InChI is InChI=1S/C14H18N2O4/c1-14(2)12(18)16(13(19)15-14)8-10(17)9-20-11-6-4-3-5-7-11/h3-7,10,17H,8-9H2,1-2H3,(H,15,19)/t10-/m1/s1. The molecule has 0 bridgehead atoms. The first kappa shape index (κ1) is 14.3. The summed E-state index contributed by atoms with van der Waals surface area (Å²) < 4.78 is 5.38. The molecule has 0 unspecified atom stereocenters. The molecule has 2 rings (SSSR count). The summed E-state index contributed by atoms with van der Waals surface area (Å²) in [5.74, 6) is 0.283. The molecule has 108 valence electrons. The van der Waals surface area contributed by atoms with Crippen molar-refractivity contribution in [1.29, 1.82) is 0 Å². The van der Waals surface area contributed by atoms with Crippen molar-refractivity contribution in [2.75, 3.05) is 13.2 Å². The molecular weight excluding hydrogens is 260 g/mol. The maximum absolute atomic E-state index is 11.9. The maximum Gasteiger partial charge on any atom is 0.325 e. The summed E-state index contributed by atoms with van der Waals surface area (Å²) in [7, 11) is 0. The largest absolute Gasteiger partial charge is 0.491 e. The van der Waals surface area contributed by atoms with Crippen LogP contribution in [0.15, 0.2) is 30.3 Å². The van der Waals surface area contributed by atoms with Gasteiger partial charge in [-0.3, -0.25) is 9.69 Å². The zero-order valence-electron chi connectivity index (χ0n) is 11.5. The number of nitrogens with one attached hydrogen (secondary N) is 1. The lowest BCUT2D eigenvalue weighted by molar-refractivity contribution is -0.131. The number of carbonyl (C=O) groups excluding carboxylic acids is 2. The van der Waals surface area contributed by atoms with Crippen LogP contribution in [0, 0.1) is 0 Å². The van der Waals surface area contributed by atoms with Crippen LogP contribution in [0.1, 0.15) is 13.8 Å². The van der Waals surface area contributed by atoms with Crippen LogP contribution in [-0.2, 0) is 4.79 Å². The number of carbonyl (C=O) groups is 2. The van der Waals surface area contributed by atoms with Gasteiger partial charge in [0.2, 0.25) is 0 Å². The molecule has 1 aliphatic heterocycles. The molecule has 1 aromatic carbocycles. The van der Waals surface area contributed by atoms with Crippen LogP contribution in [0.3, 0.4) is 0 Å². The number of nitrogens with zero attached hydrogens (tertiary/aromatic N) is 1. The first-order valence-electron chi connectivity index (χ1n) is 6.40. The number of hydrogen-bond acceptors (Lipinski definition) is 4. The number of amides is 3. The van der Waals surface area contributed by atoms with Gasteiger partial charge in [-0.15, -0.1) is 0 Å². The van der Waals surface area contributed by atoms with Gasteiger partial charge >= 0.3 is 6.03 Å². The number of β-amino-alcohol motifs (C(OH)–C–C–N with tert-alkyl or cyclic N) is 1. The van der Waals surface area contributed by atoms with Crippen molar-refractivity contribution >= 4 is 11.9 Å². The lowest BCUT2D eigenvalue weighted by atomic mass is 10.1. The van der Waals surface area contributed by atoms with Gasteiger partial charge in [0.15, 0.2) is 0 Å². The minimum atomic E-state index is -0.932. The van der Waals surface area contributed by atoms with Gasteiger partial charge in [0, 0.05) is 0 Å². The SMILES string of the molecule is CC1(C)NC(=O)N(C[C@@H](O)COc2ccccc2)C1=O. The number of imide groups is 1. The number of para-hydroxylation sites is 1. The topological polar surface area (TPSA) is 78.9 Å². The Kier molecular flexibility index (Phi) is 3.94. The molecular formula is C14H18N2O4. The molecule has 1 saturated heterocycles. The molecule has 1 aliphatic rings. The lowest BCUT2D eigenvalue weighted by Crippen LogP contribution is -2.42. The second kappa shape index (κ2) is 5.50. The van der Waals surface area contributed by atoms with Gasteiger partial charge in [-0.2, -0.15) is 0 Å². The van der Waals surface area contributed by atoms with Crippen molar-refractivity contribution in [2.24, 2.45) is 0 Å². The van der Waals surface area contributed by atoms with Crippen molar-refractivity contribution in [3.05, 3.63) is 30.3 Å². The van der Waals surface area contributed by atoms with Crippen molar-refractivity contribution in [3.63, 3.8) is 0 Å². The van der Waals surface area contributed by atoms with Crippen molar-refractivity contribution < 1.29 is 19.4 Å². The number of benzene rings is 1. The smallest absolute Gasteiger partial charge is 0.325 e. The Morgan fingerprint density at radius 3 is 2.50 bits per heavy atom. The van der Waals surface area contributed by atoms with Crippen LogP contribution >= 0.6 is 0 Å². The molecule has 0 saturated carbocycles. The Bertz CT molecular complexity index is 501. The monoisotopic (exact) mass is 278 g/mol. The molecule has 0 aromatic heterocycles. The second-order valence-corrected chi connectivity index (χ2v) is 5.25. The van der Waals surface area contributed by atoms with E-state index in [0.29, 0.717) is 5.75 Å². The molecule has 6 heteroatoms. The number of hydrogen-bond donors (Lipinski definition) is 2. The maximum atomic E-state index is 11.9. The van der Waals surface area contributed by atoms with E-state index < -0.39 is 17.7 Å². The fourth-order valence-corrected chi connectivity index (χ4v) is 1.96. The highest BCUT2D eigenvalue weighted by atomic mass is 16.5. The van der Waals surface area contributed by atoms with Gasteiger partial charge in [0.1, 0.15) is 24.0 Å². The van der Waals surface area contributed by atoms with Gasteiger partial charge in [-0.05, 0) is 26.0 Å². The van der Waals surface area contributed by atoms with E-state index in [0.717, 1.165) is 4.90 Å². The molecule has 3 amide bonds. The van der Waals surface area contributed by atoms with Gasteiger partial charge in [-0.1, -0.05) is 18.2 Å². The number of aliphatic hydroxyl groups is 1. The predicted octanol–water partition coefficient (Wildman–Crippen LogP) is 0.757. The summed E-state index contributed by atoms with van der Waals surface area (Å²) in [6, 6.07) is 8.55. The molecule has 0 radical (unpaired) electrons. The van der Waals surface area contributed by atoms with Crippen LogP contribution in [0.5, 0.6) is 5.75 Å². The minimum absolute atomic E-state index is 0.0154. The van der Waals surface area contributed by atoms with Crippen LogP contribution in [0.4, 0.5) is 4.79 Å². The molecule has 2 N–H and O–H groups in total. The summed E-state index contributed by atoms with van der Waals surface area (Å²) in [6.07, 6.45) is -0.932. The summed E-state index contributed by atoms with van der Waals surface area (Å²) >= 11 is 0. The van der Waals surface area contributed by atoms with E-state index >= 15 is 0 Å². The van der Waals surface area contributed by atoms with Crippen LogP contribution in [0.25, 0.3) is 0 Å². The highest BCUT2D eigenvalue weighted by Crippen LogP contribution is 2.17. The molecule has 0 aliphatic carbocycles. The van der Waals surface area contributed by atoms with Gasteiger partial charge < -0.3 is 15.2 Å². The van der Waals surface area contributed by atoms with E-state index in [9.17, 15) is 14.7 Å². The van der Waals surface area contributed by atoms with E-state index in [2.05, 4.69) is 5.32 Å². The number of urea groups is 1. The van der Waals surface area contributed by atoms with Crippen LogP contribution in [-0.4, -0.2) is 46.7 Å². The number of rotatable bonds is 5. The normalized spacial score (nSPS) is 18.9. The fraction of sp³-hybridized carbons (Fsp3) is 0.429. The summed E-state index contributed by atoms with van der Waals surface area (Å²) in [4.78, 5) is 24.6. The second-order valence-electron chi connectivity index (χ2n) is 5.25. The van der Waals surface area contributed by atoms with Crippen molar-refractivity contribution in [1.82, 2.24) is 10.2 Å². The van der Waals surface area contributed by atoms with Crippen molar-refractivity contribution in [2.45, 2.75) is 25.5 Å². The first-order chi connectivity index (χ1) is 9.40. The highest BCUT2D eigenvalue weighted by molar-refractivity contribution is 6.06. The van der Waals surface area contributed by atoms with Gasteiger partial charge in [-0.25, -0.2) is 4.79 Å². The van der Waals surface area contributed by atoms with Gasteiger partial charge in [0.05, 0.1) is 6.54 Å². The molecule has 1 aromatic rings. The Morgan fingerprint density at radius 2 is 1.95 bits per heavy atom. The third kappa shape index (κ3) is 3.08. The van der Waals surface area contributed by atoms with E-state index in [1.54, 1.807) is 26.0 Å². The molecule has 20 heavy (non-hydrogen) atoms. The Balaban J connectivity index is 1.87. The summed E-state index contributed by atoms with van der Waals surface area (Å²) in [6.45, 7) is 3.18. The van der Waals surface area contributed by atoms with E-state index in [-0.39, 0.29) is 19.1 Å². The minimum Gasteiger partial charge on any atom is -0.491 e. The molecule has 6 nitrogen and oxygen atoms in total. The molecule has 1 heterocycles.